The average molecular weight is 283 g/mol. The summed E-state index contributed by atoms with van der Waals surface area (Å²) < 4.78 is 30.6. The van der Waals surface area contributed by atoms with Crippen molar-refractivity contribution in [3.05, 3.63) is 34.9 Å². The van der Waals surface area contributed by atoms with Crippen LogP contribution in [0.25, 0.3) is 0 Å². The zero-order valence-corrected chi connectivity index (χ0v) is 12.0. The minimum absolute atomic E-state index is 0.0365. The van der Waals surface area contributed by atoms with Gasteiger partial charge in [-0.15, -0.1) is 0 Å². The van der Waals surface area contributed by atoms with Gasteiger partial charge in [0.1, 0.15) is 5.60 Å². The van der Waals surface area contributed by atoms with Crippen molar-refractivity contribution in [3.63, 3.8) is 0 Å². The summed E-state index contributed by atoms with van der Waals surface area (Å²) >= 11 is 0. The zero-order chi connectivity index (χ0) is 14.9. The molecule has 0 spiro atoms. The van der Waals surface area contributed by atoms with Crippen molar-refractivity contribution < 1.29 is 18.3 Å². The molecule has 1 amide bonds. The summed E-state index contributed by atoms with van der Waals surface area (Å²) in [5, 5.41) is 0. The van der Waals surface area contributed by atoms with Crippen LogP contribution >= 0.6 is 0 Å². The van der Waals surface area contributed by atoms with E-state index in [1.54, 1.807) is 11.0 Å². The molecular weight excluding hydrogens is 264 g/mol. The highest BCUT2D eigenvalue weighted by atomic mass is 19.3. The van der Waals surface area contributed by atoms with E-state index in [1.165, 1.54) is 12.1 Å². The van der Waals surface area contributed by atoms with Gasteiger partial charge in [0.05, 0.1) is 0 Å². The molecule has 20 heavy (non-hydrogen) atoms. The lowest BCUT2D eigenvalue weighted by Gasteiger charge is -2.31. The summed E-state index contributed by atoms with van der Waals surface area (Å²) in [5.74, 6) is 0. The molecule has 5 heteroatoms. The molecule has 110 valence electrons. The molecule has 1 aliphatic heterocycles. The third kappa shape index (κ3) is 3.46. The van der Waals surface area contributed by atoms with Gasteiger partial charge in [0.25, 0.3) is 6.43 Å². The Bertz CT molecular complexity index is 509. The maximum Gasteiger partial charge on any atom is 0.410 e. The molecule has 1 aliphatic rings. The number of ether oxygens (including phenoxy) is 1. The molecule has 0 unspecified atom stereocenters. The summed E-state index contributed by atoms with van der Waals surface area (Å²) in [7, 11) is 0. The number of fused-ring (bicyclic) bond motifs is 1. The fourth-order valence-electron chi connectivity index (χ4n) is 2.19. The van der Waals surface area contributed by atoms with Crippen LogP contribution in [0, 0.1) is 0 Å². The Balaban J connectivity index is 2.10. The predicted octanol–water partition coefficient (Wildman–Crippen LogP) is 3.92. The topological polar surface area (TPSA) is 29.5 Å². The minimum Gasteiger partial charge on any atom is -0.444 e. The summed E-state index contributed by atoms with van der Waals surface area (Å²) in [6.45, 7) is 6.36. The standard InChI is InChI=1S/C15H19F2NO2/c1-15(2,3)20-14(19)18-7-6-10-8-11(13(16)17)4-5-12(10)9-18/h4-5,8,13H,6-7,9H2,1-3H3. The van der Waals surface area contributed by atoms with E-state index in [9.17, 15) is 13.6 Å². The quantitative estimate of drug-likeness (QED) is 0.782. The Labute approximate surface area is 117 Å². The molecule has 0 saturated carbocycles. The Hall–Kier alpha value is -1.65. The predicted molar refractivity (Wildman–Crippen MR) is 71.7 cm³/mol. The zero-order valence-electron chi connectivity index (χ0n) is 12.0. The number of halogens is 2. The summed E-state index contributed by atoms with van der Waals surface area (Å²) in [5.41, 5.74) is 1.31. The van der Waals surface area contributed by atoms with Crippen molar-refractivity contribution >= 4 is 6.09 Å². The minimum atomic E-state index is -2.45. The maximum atomic E-state index is 12.6. The maximum absolute atomic E-state index is 12.6. The molecule has 1 aromatic carbocycles. The van der Waals surface area contributed by atoms with Gasteiger partial charge >= 0.3 is 6.09 Å². The molecule has 1 aromatic rings. The van der Waals surface area contributed by atoms with Crippen LogP contribution in [0.2, 0.25) is 0 Å². The van der Waals surface area contributed by atoms with Gasteiger partial charge in [-0.25, -0.2) is 13.6 Å². The van der Waals surface area contributed by atoms with Gasteiger partial charge in [-0.1, -0.05) is 12.1 Å². The largest absolute Gasteiger partial charge is 0.444 e. The third-order valence-corrected chi connectivity index (χ3v) is 3.15. The van der Waals surface area contributed by atoms with E-state index in [0.29, 0.717) is 19.5 Å². The third-order valence-electron chi connectivity index (χ3n) is 3.15. The first kappa shape index (κ1) is 14.8. The molecule has 3 nitrogen and oxygen atoms in total. The number of hydrogen-bond acceptors (Lipinski definition) is 2. The van der Waals surface area contributed by atoms with E-state index in [2.05, 4.69) is 0 Å². The second-order valence-electron chi connectivity index (χ2n) is 5.98. The van der Waals surface area contributed by atoms with Gasteiger partial charge < -0.3 is 9.64 Å². The van der Waals surface area contributed by atoms with Crippen LogP contribution in [0.3, 0.4) is 0 Å². The van der Waals surface area contributed by atoms with Crippen molar-refractivity contribution in [2.24, 2.45) is 0 Å². The highest BCUT2D eigenvalue weighted by Gasteiger charge is 2.26. The normalized spacial score (nSPS) is 15.2. The second-order valence-corrected chi connectivity index (χ2v) is 5.98. The van der Waals surface area contributed by atoms with Gasteiger partial charge in [0.15, 0.2) is 0 Å². The SMILES string of the molecule is CC(C)(C)OC(=O)N1CCc2cc(C(F)F)ccc2C1. The van der Waals surface area contributed by atoms with Crippen molar-refractivity contribution in [1.29, 1.82) is 0 Å². The second kappa shape index (κ2) is 5.38. The number of carbonyl (C=O) groups excluding carboxylic acids is 1. The number of benzene rings is 1. The first-order valence-electron chi connectivity index (χ1n) is 6.64. The number of alkyl halides is 2. The van der Waals surface area contributed by atoms with Crippen molar-refractivity contribution in [1.82, 2.24) is 4.90 Å². The summed E-state index contributed by atoms with van der Waals surface area (Å²) in [6.07, 6.45) is -2.24. The summed E-state index contributed by atoms with van der Waals surface area (Å²) in [6, 6.07) is 4.63. The van der Waals surface area contributed by atoms with Crippen LogP contribution in [0.5, 0.6) is 0 Å². The fraction of sp³-hybridized carbons (Fsp3) is 0.533. The first-order valence-corrected chi connectivity index (χ1v) is 6.64. The molecule has 0 radical (unpaired) electrons. The van der Waals surface area contributed by atoms with Crippen LogP contribution in [0.4, 0.5) is 13.6 Å². The lowest BCUT2D eigenvalue weighted by molar-refractivity contribution is 0.0223. The number of amides is 1. The smallest absolute Gasteiger partial charge is 0.410 e. The highest BCUT2D eigenvalue weighted by Crippen LogP contribution is 2.26. The number of hydrogen-bond donors (Lipinski definition) is 0. The Morgan fingerprint density at radius 2 is 2.00 bits per heavy atom. The average Bonchev–Trinajstić information content (AvgIpc) is 2.35. The number of nitrogens with zero attached hydrogens (tertiary/aromatic N) is 1. The van der Waals surface area contributed by atoms with Gasteiger partial charge in [-0.2, -0.15) is 0 Å². The molecule has 0 atom stereocenters. The molecule has 0 saturated heterocycles. The van der Waals surface area contributed by atoms with Gasteiger partial charge in [-0.3, -0.25) is 0 Å². The highest BCUT2D eigenvalue weighted by molar-refractivity contribution is 5.68. The number of carbonyl (C=O) groups is 1. The van der Waals surface area contributed by atoms with E-state index in [-0.39, 0.29) is 11.7 Å². The summed E-state index contributed by atoms with van der Waals surface area (Å²) in [4.78, 5) is 13.6. The fourth-order valence-corrected chi connectivity index (χ4v) is 2.19. The lowest BCUT2D eigenvalue weighted by Crippen LogP contribution is -2.39. The molecule has 0 aromatic heterocycles. The van der Waals surface area contributed by atoms with Gasteiger partial charge in [0, 0.05) is 18.7 Å². The van der Waals surface area contributed by atoms with E-state index in [4.69, 9.17) is 4.74 Å². The van der Waals surface area contributed by atoms with E-state index >= 15 is 0 Å². The molecule has 0 bridgehead atoms. The van der Waals surface area contributed by atoms with Crippen LogP contribution in [0.15, 0.2) is 18.2 Å². The van der Waals surface area contributed by atoms with E-state index in [1.807, 2.05) is 20.8 Å². The Morgan fingerprint density at radius 1 is 1.30 bits per heavy atom. The Morgan fingerprint density at radius 3 is 2.60 bits per heavy atom. The molecular formula is C15H19F2NO2. The van der Waals surface area contributed by atoms with Crippen LogP contribution in [-0.2, 0) is 17.7 Å². The van der Waals surface area contributed by atoms with Crippen LogP contribution < -0.4 is 0 Å². The van der Waals surface area contributed by atoms with Gasteiger partial charge in [0.2, 0.25) is 0 Å². The molecule has 1 heterocycles. The molecule has 0 fully saturated rings. The van der Waals surface area contributed by atoms with Crippen molar-refractivity contribution in [3.8, 4) is 0 Å². The van der Waals surface area contributed by atoms with Crippen molar-refractivity contribution in [2.45, 2.75) is 45.8 Å². The first-order chi connectivity index (χ1) is 9.26. The molecule has 0 aliphatic carbocycles. The van der Waals surface area contributed by atoms with Crippen LogP contribution in [-0.4, -0.2) is 23.1 Å². The van der Waals surface area contributed by atoms with E-state index in [0.717, 1.165) is 11.1 Å². The lowest BCUT2D eigenvalue weighted by atomic mass is 9.97. The molecule has 0 N–H and O–H groups in total. The van der Waals surface area contributed by atoms with E-state index < -0.39 is 12.0 Å². The monoisotopic (exact) mass is 283 g/mol. The number of rotatable bonds is 1. The van der Waals surface area contributed by atoms with Gasteiger partial charge in [-0.05, 0) is 44.4 Å². The molecule has 2 rings (SSSR count). The Kier molecular flexibility index (Phi) is 3.97. The van der Waals surface area contributed by atoms with Crippen molar-refractivity contribution in [2.75, 3.05) is 6.54 Å². The van der Waals surface area contributed by atoms with Crippen LogP contribution in [0.1, 0.15) is 43.9 Å².